The summed E-state index contributed by atoms with van der Waals surface area (Å²) >= 11 is 0. The molecule has 28 heavy (non-hydrogen) atoms. The minimum absolute atomic E-state index is 0.0131. The third kappa shape index (κ3) is 4.30. The van der Waals surface area contributed by atoms with Crippen LogP contribution in [-0.2, 0) is 26.6 Å². The number of rotatable bonds is 7. The average Bonchev–Trinajstić information content (AvgIpc) is 3.16. The average molecular weight is 422 g/mol. The first-order chi connectivity index (χ1) is 13.2. The van der Waals surface area contributed by atoms with Gasteiger partial charge in [0.25, 0.3) is 0 Å². The van der Waals surface area contributed by atoms with Gasteiger partial charge in [-0.15, -0.1) is 0 Å². The summed E-state index contributed by atoms with van der Waals surface area (Å²) in [6.07, 6.45) is 0. The van der Waals surface area contributed by atoms with Crippen LogP contribution in [0.3, 0.4) is 0 Å². The minimum atomic E-state index is -3.84. The molecule has 0 aliphatic carbocycles. The van der Waals surface area contributed by atoms with E-state index < -0.39 is 20.0 Å². The smallest absolute Gasteiger partial charge is 0.242 e. The van der Waals surface area contributed by atoms with E-state index >= 15 is 0 Å². The Balaban J connectivity index is 1.72. The Hall–Kier alpha value is -2.53. The maximum atomic E-state index is 12.4. The lowest BCUT2D eigenvalue weighted by Gasteiger charge is -2.11. The molecule has 0 spiro atoms. The maximum absolute atomic E-state index is 12.4. The number of sulfonamides is 2. The van der Waals surface area contributed by atoms with Gasteiger partial charge in [0.2, 0.25) is 20.0 Å². The SMILES string of the molecule is CN(C)S(=O)(=O)c1ccc(S(=O)(=O)NCc2cc(-c3ccccc3)no2)cc1. The summed E-state index contributed by atoms with van der Waals surface area (Å²) in [5.74, 6) is 0.356. The van der Waals surface area contributed by atoms with Crippen molar-refractivity contribution < 1.29 is 21.4 Å². The van der Waals surface area contributed by atoms with Gasteiger partial charge in [-0.3, -0.25) is 0 Å². The second-order valence-electron chi connectivity index (χ2n) is 6.13. The van der Waals surface area contributed by atoms with E-state index in [0.717, 1.165) is 9.87 Å². The lowest BCUT2D eigenvalue weighted by Crippen LogP contribution is -2.24. The summed E-state index contributed by atoms with van der Waals surface area (Å²) in [6.45, 7) is -0.0834. The van der Waals surface area contributed by atoms with Gasteiger partial charge in [0.15, 0.2) is 5.76 Å². The molecule has 1 N–H and O–H groups in total. The van der Waals surface area contributed by atoms with Gasteiger partial charge in [-0.2, -0.15) is 0 Å². The second-order valence-corrected chi connectivity index (χ2v) is 10.0. The largest absolute Gasteiger partial charge is 0.359 e. The van der Waals surface area contributed by atoms with Crippen LogP contribution in [0.2, 0.25) is 0 Å². The van der Waals surface area contributed by atoms with Gasteiger partial charge in [0, 0.05) is 25.7 Å². The van der Waals surface area contributed by atoms with Crippen molar-refractivity contribution in [2.24, 2.45) is 0 Å². The lowest BCUT2D eigenvalue weighted by atomic mass is 10.1. The molecular weight excluding hydrogens is 402 g/mol. The highest BCUT2D eigenvalue weighted by Gasteiger charge is 2.20. The zero-order valence-electron chi connectivity index (χ0n) is 15.2. The van der Waals surface area contributed by atoms with E-state index in [0.29, 0.717) is 11.5 Å². The molecule has 0 fully saturated rings. The van der Waals surface area contributed by atoms with Crippen LogP contribution in [-0.4, -0.2) is 40.4 Å². The van der Waals surface area contributed by atoms with Gasteiger partial charge in [0.05, 0.1) is 16.3 Å². The summed E-state index contributed by atoms with van der Waals surface area (Å²) in [5.41, 5.74) is 1.46. The first-order valence-electron chi connectivity index (χ1n) is 8.23. The Bertz CT molecular complexity index is 1150. The topological polar surface area (TPSA) is 110 Å². The summed E-state index contributed by atoms with van der Waals surface area (Å²) in [4.78, 5) is -0.0350. The van der Waals surface area contributed by atoms with Gasteiger partial charge >= 0.3 is 0 Å². The van der Waals surface area contributed by atoms with E-state index in [-0.39, 0.29) is 16.3 Å². The highest BCUT2D eigenvalue weighted by Crippen LogP contribution is 2.20. The number of benzene rings is 2. The van der Waals surface area contributed by atoms with Crippen molar-refractivity contribution in [2.75, 3.05) is 14.1 Å². The predicted molar refractivity (Wildman–Crippen MR) is 103 cm³/mol. The quantitative estimate of drug-likeness (QED) is 0.625. The van der Waals surface area contributed by atoms with Gasteiger partial charge < -0.3 is 4.52 Å². The summed E-state index contributed by atoms with van der Waals surface area (Å²) in [7, 11) is -4.65. The predicted octanol–water partition coefficient (Wildman–Crippen LogP) is 2.07. The van der Waals surface area contributed by atoms with E-state index in [9.17, 15) is 16.8 Å². The minimum Gasteiger partial charge on any atom is -0.359 e. The summed E-state index contributed by atoms with van der Waals surface area (Å²) in [6, 6.07) is 16.0. The number of hydrogen-bond acceptors (Lipinski definition) is 6. The third-order valence-electron chi connectivity index (χ3n) is 3.98. The van der Waals surface area contributed by atoms with E-state index in [4.69, 9.17) is 4.52 Å². The number of nitrogens with one attached hydrogen (secondary N) is 1. The Morgan fingerprint density at radius 3 is 2.14 bits per heavy atom. The van der Waals surface area contributed by atoms with Gasteiger partial charge in [-0.25, -0.2) is 25.9 Å². The molecule has 0 unspecified atom stereocenters. The molecule has 3 rings (SSSR count). The highest BCUT2D eigenvalue weighted by atomic mass is 32.2. The van der Waals surface area contributed by atoms with Crippen LogP contribution in [0, 0.1) is 0 Å². The van der Waals surface area contributed by atoms with Crippen LogP contribution in [0.1, 0.15) is 5.76 Å². The summed E-state index contributed by atoms with van der Waals surface area (Å²) < 4.78 is 57.7. The molecule has 0 aliphatic rings. The third-order valence-corrected chi connectivity index (χ3v) is 7.22. The van der Waals surface area contributed by atoms with Crippen molar-refractivity contribution >= 4 is 20.0 Å². The van der Waals surface area contributed by atoms with E-state index in [1.807, 2.05) is 30.3 Å². The van der Waals surface area contributed by atoms with Crippen molar-refractivity contribution in [3.8, 4) is 11.3 Å². The molecule has 0 aliphatic heterocycles. The zero-order valence-corrected chi connectivity index (χ0v) is 16.9. The fourth-order valence-corrected chi connectivity index (χ4v) is 4.29. The van der Waals surface area contributed by atoms with Gasteiger partial charge in [-0.1, -0.05) is 35.5 Å². The van der Waals surface area contributed by atoms with Gasteiger partial charge in [-0.05, 0) is 24.3 Å². The van der Waals surface area contributed by atoms with E-state index in [1.165, 1.54) is 38.4 Å². The van der Waals surface area contributed by atoms with Crippen LogP contribution < -0.4 is 4.72 Å². The van der Waals surface area contributed by atoms with Crippen molar-refractivity contribution in [3.05, 3.63) is 66.4 Å². The monoisotopic (exact) mass is 421 g/mol. The fraction of sp³-hybridized carbons (Fsp3) is 0.167. The van der Waals surface area contributed by atoms with Crippen molar-refractivity contribution in [1.82, 2.24) is 14.2 Å². The Morgan fingerprint density at radius 2 is 1.54 bits per heavy atom. The first kappa shape index (κ1) is 20.2. The molecule has 0 saturated carbocycles. The maximum Gasteiger partial charge on any atom is 0.242 e. The van der Waals surface area contributed by atoms with Crippen LogP contribution in [0.5, 0.6) is 0 Å². The van der Waals surface area contributed by atoms with Gasteiger partial charge in [0.1, 0.15) is 5.69 Å². The molecular formula is C18H19N3O5S2. The fourth-order valence-electron chi connectivity index (χ4n) is 2.39. The summed E-state index contributed by atoms with van der Waals surface area (Å²) in [5, 5.41) is 3.93. The molecule has 0 saturated heterocycles. The molecule has 0 bridgehead atoms. The normalized spacial score (nSPS) is 12.4. The Labute approximate surface area is 163 Å². The lowest BCUT2D eigenvalue weighted by molar-refractivity contribution is 0.382. The molecule has 1 heterocycles. The first-order valence-corrected chi connectivity index (χ1v) is 11.2. The standard InChI is InChI=1S/C18H19N3O5S2/c1-21(2)28(24,25)17-10-8-16(9-11-17)27(22,23)19-13-15-12-18(20-26-15)14-6-4-3-5-7-14/h3-12,19H,13H2,1-2H3. The number of nitrogens with zero attached hydrogens (tertiary/aromatic N) is 2. The molecule has 148 valence electrons. The Morgan fingerprint density at radius 1 is 0.929 bits per heavy atom. The molecule has 0 atom stereocenters. The highest BCUT2D eigenvalue weighted by molar-refractivity contribution is 7.89. The number of hydrogen-bond donors (Lipinski definition) is 1. The molecule has 3 aromatic rings. The number of aromatic nitrogens is 1. The molecule has 2 aromatic carbocycles. The molecule has 0 amide bonds. The molecule has 10 heteroatoms. The molecule has 1 aromatic heterocycles. The van der Waals surface area contributed by atoms with Crippen molar-refractivity contribution in [2.45, 2.75) is 16.3 Å². The van der Waals surface area contributed by atoms with E-state index in [1.54, 1.807) is 6.07 Å². The van der Waals surface area contributed by atoms with E-state index in [2.05, 4.69) is 9.88 Å². The molecule has 0 radical (unpaired) electrons. The van der Waals surface area contributed by atoms with Crippen LogP contribution >= 0.6 is 0 Å². The van der Waals surface area contributed by atoms with Crippen molar-refractivity contribution in [3.63, 3.8) is 0 Å². The molecule has 8 nitrogen and oxygen atoms in total. The second kappa shape index (κ2) is 7.84. The zero-order chi connectivity index (χ0) is 20.4. The van der Waals surface area contributed by atoms with Crippen LogP contribution in [0.4, 0.5) is 0 Å². The van der Waals surface area contributed by atoms with Crippen LogP contribution in [0.25, 0.3) is 11.3 Å². The van der Waals surface area contributed by atoms with Crippen molar-refractivity contribution in [1.29, 1.82) is 0 Å². The van der Waals surface area contributed by atoms with Crippen LogP contribution in [0.15, 0.2) is 75.0 Å². The Kier molecular flexibility index (Phi) is 5.66.